The lowest BCUT2D eigenvalue weighted by Gasteiger charge is -2.33. The number of hydrogen-bond donors (Lipinski definition) is 3. The summed E-state index contributed by atoms with van der Waals surface area (Å²) in [6.07, 6.45) is 7.39. The van der Waals surface area contributed by atoms with Gasteiger partial charge in [-0.3, -0.25) is 19.4 Å². The Balaban J connectivity index is 1.35. The number of carboxylic acids is 1. The fourth-order valence-corrected chi connectivity index (χ4v) is 5.40. The van der Waals surface area contributed by atoms with Crippen LogP contribution in [0, 0.1) is 29.0 Å². The molecule has 3 heterocycles. The van der Waals surface area contributed by atoms with E-state index in [2.05, 4.69) is 15.6 Å². The van der Waals surface area contributed by atoms with Crippen LogP contribution in [0.5, 0.6) is 5.75 Å². The predicted octanol–water partition coefficient (Wildman–Crippen LogP) is 3.32. The number of aromatic nitrogens is 1. The van der Waals surface area contributed by atoms with Gasteiger partial charge in [-0.1, -0.05) is 6.07 Å². The second-order valence-electron chi connectivity index (χ2n) is 10.7. The minimum atomic E-state index is -1.09. The number of nitrogens with zero attached hydrogens (tertiary/aromatic N) is 3. The molecule has 2 aliphatic heterocycles. The zero-order chi connectivity index (χ0) is 29.2. The molecule has 10 nitrogen and oxygen atoms in total. The number of pyridine rings is 1. The average molecular weight is 566 g/mol. The van der Waals surface area contributed by atoms with Gasteiger partial charge in [-0.2, -0.15) is 5.26 Å². The number of nitriles is 1. The quantitative estimate of drug-likeness (QED) is 0.376. The lowest BCUT2D eigenvalue weighted by Crippen LogP contribution is -2.46. The number of nitrogens with one attached hydrogen (secondary N) is 2. The number of ether oxygens (including phenoxy) is 1. The van der Waals surface area contributed by atoms with E-state index >= 15 is 0 Å². The van der Waals surface area contributed by atoms with Crippen LogP contribution < -0.4 is 15.4 Å². The average Bonchev–Trinajstić information content (AvgIpc) is 2.99. The Hall–Kier alpha value is -4.04. The van der Waals surface area contributed by atoms with Crippen molar-refractivity contribution < 1.29 is 28.6 Å². The van der Waals surface area contributed by atoms with Gasteiger partial charge in [-0.05, 0) is 80.4 Å². The molecule has 4 rings (SSSR count). The fraction of sp³-hybridized carbons (Fsp3) is 0.500. The van der Waals surface area contributed by atoms with Crippen molar-refractivity contribution in [3.05, 3.63) is 59.2 Å². The molecule has 2 saturated heterocycles. The Morgan fingerprint density at radius 3 is 2.76 bits per heavy atom. The van der Waals surface area contributed by atoms with Gasteiger partial charge in [-0.15, -0.1) is 0 Å². The number of hydrogen-bond acceptors (Lipinski definition) is 7. The van der Waals surface area contributed by atoms with Crippen LogP contribution in [0.25, 0.3) is 0 Å². The number of halogens is 1. The maximum Gasteiger partial charge on any atom is 0.305 e. The summed E-state index contributed by atoms with van der Waals surface area (Å²) in [4.78, 5) is 43.7. The van der Waals surface area contributed by atoms with Crippen LogP contribution in [0.1, 0.15) is 67.7 Å². The molecule has 1 aromatic carbocycles. The van der Waals surface area contributed by atoms with Crippen molar-refractivity contribution in [3.63, 3.8) is 0 Å². The lowest BCUT2D eigenvalue weighted by atomic mass is 9.92. The molecule has 218 valence electrons. The van der Waals surface area contributed by atoms with E-state index in [4.69, 9.17) is 10.00 Å². The van der Waals surface area contributed by atoms with E-state index in [0.29, 0.717) is 55.1 Å². The predicted molar refractivity (Wildman–Crippen MR) is 147 cm³/mol. The first-order valence-electron chi connectivity index (χ1n) is 14.1. The first kappa shape index (κ1) is 29.9. The zero-order valence-electron chi connectivity index (χ0n) is 23.0. The molecule has 2 atom stereocenters. The molecule has 1 aromatic heterocycles. The topological polar surface area (TPSA) is 145 Å². The molecule has 0 spiro atoms. The summed E-state index contributed by atoms with van der Waals surface area (Å²) in [6, 6.07) is 6.68. The summed E-state index contributed by atoms with van der Waals surface area (Å²) >= 11 is 0. The van der Waals surface area contributed by atoms with E-state index in [1.165, 1.54) is 24.5 Å². The van der Waals surface area contributed by atoms with Gasteiger partial charge in [-0.25, -0.2) is 4.39 Å². The number of amides is 2. The van der Waals surface area contributed by atoms with Crippen LogP contribution in [0.3, 0.4) is 0 Å². The van der Waals surface area contributed by atoms with Crippen LogP contribution >= 0.6 is 0 Å². The van der Waals surface area contributed by atoms with Crippen molar-refractivity contribution >= 4 is 17.8 Å². The first-order chi connectivity index (χ1) is 19.8. The largest absolute Gasteiger partial charge is 0.487 e. The number of rotatable bonds is 11. The van der Waals surface area contributed by atoms with Crippen molar-refractivity contribution in [2.24, 2.45) is 11.8 Å². The van der Waals surface area contributed by atoms with Crippen LogP contribution in [-0.2, 0) is 21.0 Å². The highest BCUT2D eigenvalue weighted by Gasteiger charge is 2.31. The third kappa shape index (κ3) is 8.72. The second kappa shape index (κ2) is 14.6. The molecule has 0 bridgehead atoms. The standard InChI is InChI=1S/C30H36FN5O5/c31-26-12-21(3-5-22(26)15-32)19-41-25-13-24(16-34-17-25)27(14-29(38)39)35-30(40)23-2-1-11-36(18-23)28(37)6-4-20-7-9-33-10-8-20/h3,5,12-13,16-17,20,23,27,33H,1-2,4,6-11,14,18-19H2,(H,35,40)(H,38,39)/t23-,27?/m1/s1. The van der Waals surface area contributed by atoms with Crippen LogP contribution in [0.2, 0.25) is 0 Å². The highest BCUT2D eigenvalue weighted by Crippen LogP contribution is 2.25. The minimum absolute atomic E-state index is 0.00723. The van der Waals surface area contributed by atoms with Gasteiger partial charge in [0.1, 0.15) is 24.2 Å². The summed E-state index contributed by atoms with van der Waals surface area (Å²) in [5, 5.41) is 24.6. The number of aliphatic carboxylic acids is 1. The number of carbonyl (C=O) groups excluding carboxylic acids is 2. The maximum absolute atomic E-state index is 13.9. The van der Waals surface area contributed by atoms with Gasteiger partial charge in [0.25, 0.3) is 0 Å². The van der Waals surface area contributed by atoms with Gasteiger partial charge in [0.05, 0.1) is 30.1 Å². The van der Waals surface area contributed by atoms with Gasteiger partial charge >= 0.3 is 5.97 Å². The highest BCUT2D eigenvalue weighted by molar-refractivity contribution is 5.82. The molecule has 2 fully saturated rings. The van der Waals surface area contributed by atoms with Crippen molar-refractivity contribution in [3.8, 4) is 11.8 Å². The van der Waals surface area contributed by atoms with Gasteiger partial charge < -0.3 is 25.4 Å². The molecule has 0 radical (unpaired) electrons. The third-order valence-electron chi connectivity index (χ3n) is 7.76. The monoisotopic (exact) mass is 565 g/mol. The van der Waals surface area contributed by atoms with Crippen LogP contribution in [0.4, 0.5) is 4.39 Å². The molecule has 3 N–H and O–H groups in total. The molecule has 41 heavy (non-hydrogen) atoms. The number of piperidine rings is 2. The zero-order valence-corrected chi connectivity index (χ0v) is 23.0. The van der Waals surface area contributed by atoms with E-state index in [0.717, 1.165) is 32.4 Å². The molecular weight excluding hydrogens is 529 g/mol. The molecule has 0 aliphatic carbocycles. The van der Waals surface area contributed by atoms with Gasteiger partial charge in [0, 0.05) is 25.7 Å². The van der Waals surface area contributed by atoms with E-state index in [1.54, 1.807) is 23.1 Å². The maximum atomic E-state index is 13.9. The normalized spacial score (nSPS) is 18.2. The van der Waals surface area contributed by atoms with Crippen LogP contribution in [-0.4, -0.2) is 59.0 Å². The van der Waals surface area contributed by atoms with E-state index in [-0.39, 0.29) is 30.4 Å². The summed E-state index contributed by atoms with van der Waals surface area (Å²) in [6.45, 7) is 2.93. The van der Waals surface area contributed by atoms with Crippen molar-refractivity contribution in [1.82, 2.24) is 20.5 Å². The van der Waals surface area contributed by atoms with E-state index in [9.17, 15) is 23.9 Å². The summed E-state index contributed by atoms with van der Waals surface area (Å²) < 4.78 is 19.6. The number of benzene rings is 1. The second-order valence-corrected chi connectivity index (χ2v) is 10.7. The molecule has 0 saturated carbocycles. The van der Waals surface area contributed by atoms with Crippen LogP contribution in [0.15, 0.2) is 36.7 Å². The molecule has 2 amide bonds. The Kier molecular flexibility index (Phi) is 10.6. The van der Waals surface area contributed by atoms with Gasteiger partial charge in [0.2, 0.25) is 11.8 Å². The van der Waals surface area contributed by atoms with Crippen molar-refractivity contribution in [2.75, 3.05) is 26.2 Å². The van der Waals surface area contributed by atoms with Gasteiger partial charge in [0.15, 0.2) is 0 Å². The highest BCUT2D eigenvalue weighted by atomic mass is 19.1. The molecule has 1 unspecified atom stereocenters. The van der Waals surface area contributed by atoms with Crippen molar-refractivity contribution in [2.45, 2.75) is 57.6 Å². The Morgan fingerprint density at radius 2 is 2.02 bits per heavy atom. The molecular formula is C30H36FN5O5. The number of carbonyl (C=O) groups is 3. The first-order valence-corrected chi connectivity index (χ1v) is 14.1. The van der Waals surface area contributed by atoms with Crippen molar-refractivity contribution in [1.29, 1.82) is 5.26 Å². The summed E-state index contributed by atoms with van der Waals surface area (Å²) in [5.74, 6) is -1.52. The summed E-state index contributed by atoms with van der Waals surface area (Å²) in [7, 11) is 0. The summed E-state index contributed by atoms with van der Waals surface area (Å²) in [5.41, 5.74) is 0.900. The lowest BCUT2D eigenvalue weighted by molar-refractivity contribution is -0.138. The van der Waals surface area contributed by atoms with E-state index in [1.807, 2.05) is 0 Å². The number of likely N-dealkylation sites (tertiary alicyclic amines) is 1. The minimum Gasteiger partial charge on any atom is -0.487 e. The Labute approximate surface area is 238 Å². The number of carboxylic acid groups (broad SMARTS) is 1. The Bertz CT molecular complexity index is 1280. The van der Waals surface area contributed by atoms with E-state index < -0.39 is 23.7 Å². The Morgan fingerprint density at radius 1 is 1.22 bits per heavy atom. The molecule has 2 aliphatic rings. The molecule has 11 heteroatoms. The smallest absolute Gasteiger partial charge is 0.305 e. The third-order valence-corrected chi connectivity index (χ3v) is 7.76. The SMILES string of the molecule is N#Cc1ccc(COc2cncc(C(CC(=O)O)NC(=O)[C@@H]3CCCN(C(=O)CCC4CCNCC4)C3)c2)cc1F. The fourth-order valence-electron chi connectivity index (χ4n) is 5.40. The molecule has 2 aromatic rings.